The van der Waals surface area contributed by atoms with Crippen molar-refractivity contribution in [2.45, 2.75) is 31.1 Å². The lowest BCUT2D eigenvalue weighted by Gasteiger charge is -2.16. The third-order valence-corrected chi connectivity index (χ3v) is 5.54. The third-order valence-electron chi connectivity index (χ3n) is 4.67. The van der Waals surface area contributed by atoms with Gasteiger partial charge in [0, 0.05) is 12.1 Å². The van der Waals surface area contributed by atoms with Crippen molar-refractivity contribution in [1.29, 1.82) is 0 Å². The van der Waals surface area contributed by atoms with Crippen LogP contribution in [0, 0.1) is 3.57 Å². The molecular weight excluding hydrogens is 481 g/mol. The summed E-state index contributed by atoms with van der Waals surface area (Å²) in [5, 5.41) is 42.8. The molecule has 3 heterocycles. The molecule has 0 saturated carbocycles. The number of rotatable bonds is 5. The summed E-state index contributed by atoms with van der Waals surface area (Å²) in [5.74, 6) is 0.659. The van der Waals surface area contributed by atoms with Gasteiger partial charge in [0.1, 0.15) is 30.4 Å². The van der Waals surface area contributed by atoms with E-state index in [4.69, 9.17) is 4.74 Å². The van der Waals surface area contributed by atoms with E-state index in [9.17, 15) is 20.4 Å². The number of hydrogen-bond acceptors (Lipinski definition) is 9. The van der Waals surface area contributed by atoms with E-state index in [2.05, 4.69) is 42.9 Å². The van der Waals surface area contributed by atoms with Gasteiger partial charge in [0.2, 0.25) is 0 Å². The Morgan fingerprint density at radius 2 is 2.00 bits per heavy atom. The SMILES string of the molecule is OC[C@H]1O[C@@H](n2cnc3c(NCc4cccc(I)c4O)ncnc32)[C@@H](O)[C@@H]1O. The summed E-state index contributed by atoms with van der Waals surface area (Å²) in [5.41, 5.74) is 1.56. The number of para-hydroxylation sites is 1. The second kappa shape index (κ2) is 7.75. The Bertz CT molecular complexity index is 999. The minimum Gasteiger partial charge on any atom is -0.506 e. The smallest absolute Gasteiger partial charge is 0.167 e. The van der Waals surface area contributed by atoms with Crippen molar-refractivity contribution in [3.63, 3.8) is 0 Å². The molecule has 1 aliphatic rings. The number of phenolic OH excluding ortho intramolecular Hbond substituents is 1. The first-order valence-electron chi connectivity index (χ1n) is 8.51. The first-order valence-corrected chi connectivity index (χ1v) is 9.59. The molecule has 1 saturated heterocycles. The number of hydrogen-bond donors (Lipinski definition) is 5. The molecule has 148 valence electrons. The van der Waals surface area contributed by atoms with Gasteiger partial charge in [-0.3, -0.25) is 4.57 Å². The van der Waals surface area contributed by atoms with Crippen LogP contribution in [0.1, 0.15) is 11.8 Å². The number of phenols is 1. The number of imidazole rings is 1. The second-order valence-electron chi connectivity index (χ2n) is 6.38. The Kier molecular flexibility index (Phi) is 5.33. The molecule has 10 nitrogen and oxygen atoms in total. The van der Waals surface area contributed by atoms with Gasteiger partial charge in [-0.1, -0.05) is 12.1 Å². The average molecular weight is 499 g/mol. The molecule has 5 N–H and O–H groups in total. The topological polar surface area (TPSA) is 146 Å². The summed E-state index contributed by atoms with van der Waals surface area (Å²) in [6.07, 6.45) is -1.48. The normalized spacial score (nSPS) is 24.7. The van der Waals surface area contributed by atoms with Gasteiger partial charge < -0.3 is 30.5 Å². The van der Waals surface area contributed by atoms with E-state index in [0.29, 0.717) is 29.1 Å². The van der Waals surface area contributed by atoms with E-state index in [1.165, 1.54) is 17.2 Å². The van der Waals surface area contributed by atoms with Gasteiger partial charge in [-0.15, -0.1) is 0 Å². The maximum atomic E-state index is 10.2. The van der Waals surface area contributed by atoms with E-state index in [1.54, 1.807) is 6.07 Å². The van der Waals surface area contributed by atoms with Crippen molar-refractivity contribution in [3.05, 3.63) is 40.0 Å². The predicted octanol–water partition coefficient (Wildman–Crippen LogP) is 0.360. The number of fused-ring (bicyclic) bond motifs is 1. The van der Waals surface area contributed by atoms with E-state index in [0.717, 1.165) is 3.57 Å². The van der Waals surface area contributed by atoms with E-state index < -0.39 is 31.1 Å². The molecule has 28 heavy (non-hydrogen) atoms. The van der Waals surface area contributed by atoms with E-state index in [-0.39, 0.29) is 5.75 Å². The van der Waals surface area contributed by atoms with Crippen molar-refractivity contribution in [1.82, 2.24) is 19.5 Å². The van der Waals surface area contributed by atoms with Crippen LogP contribution in [-0.4, -0.2) is 64.9 Å². The molecule has 4 rings (SSSR count). The molecule has 1 aromatic carbocycles. The zero-order chi connectivity index (χ0) is 19.8. The second-order valence-corrected chi connectivity index (χ2v) is 7.54. The molecule has 3 aromatic rings. The summed E-state index contributed by atoms with van der Waals surface area (Å²) < 4.78 is 7.79. The lowest BCUT2D eigenvalue weighted by atomic mass is 10.1. The Hall–Kier alpha value is -2.06. The van der Waals surface area contributed by atoms with Crippen LogP contribution >= 0.6 is 22.6 Å². The summed E-state index contributed by atoms with van der Waals surface area (Å²) in [4.78, 5) is 12.7. The molecule has 11 heteroatoms. The average Bonchev–Trinajstić information content (AvgIpc) is 3.25. The molecule has 0 spiro atoms. The lowest BCUT2D eigenvalue weighted by Crippen LogP contribution is -2.33. The Balaban J connectivity index is 1.61. The Labute approximate surface area is 173 Å². The molecular formula is C17H18IN5O5. The van der Waals surface area contributed by atoms with Crippen molar-refractivity contribution in [2.75, 3.05) is 11.9 Å². The van der Waals surface area contributed by atoms with Gasteiger partial charge >= 0.3 is 0 Å². The number of halogens is 1. The maximum Gasteiger partial charge on any atom is 0.167 e. The van der Waals surface area contributed by atoms with Crippen LogP contribution in [0.15, 0.2) is 30.9 Å². The predicted molar refractivity (Wildman–Crippen MR) is 106 cm³/mol. The standard InChI is InChI=1S/C17H18IN5O5/c18-9-3-1-2-8(12(9)25)4-19-15-11-16(21-6-20-15)23(7-22-11)17-14(27)13(26)10(5-24)28-17/h1-3,6-7,10,13-14,17,24-27H,4-5H2,(H,19,20,21)/t10-,13-,14+,17-/m1/s1. The molecule has 0 radical (unpaired) electrons. The van der Waals surface area contributed by atoms with Gasteiger partial charge in [0.25, 0.3) is 0 Å². The highest BCUT2D eigenvalue weighted by molar-refractivity contribution is 14.1. The molecule has 4 atom stereocenters. The number of nitrogens with one attached hydrogen (secondary N) is 1. The molecule has 1 fully saturated rings. The largest absolute Gasteiger partial charge is 0.506 e. The van der Waals surface area contributed by atoms with Crippen molar-refractivity contribution < 1.29 is 25.2 Å². The summed E-state index contributed by atoms with van der Waals surface area (Å²) >= 11 is 2.06. The lowest BCUT2D eigenvalue weighted by molar-refractivity contribution is -0.0511. The summed E-state index contributed by atoms with van der Waals surface area (Å²) in [7, 11) is 0. The maximum absolute atomic E-state index is 10.2. The van der Waals surface area contributed by atoms with Crippen LogP contribution < -0.4 is 5.32 Å². The molecule has 0 aliphatic carbocycles. The summed E-state index contributed by atoms with van der Waals surface area (Å²) in [6, 6.07) is 5.47. The Morgan fingerprint density at radius 1 is 1.18 bits per heavy atom. The number of ether oxygens (including phenoxy) is 1. The number of aliphatic hydroxyl groups excluding tert-OH is 3. The molecule has 0 amide bonds. The van der Waals surface area contributed by atoms with Gasteiger partial charge in [-0.25, -0.2) is 15.0 Å². The zero-order valence-electron chi connectivity index (χ0n) is 14.5. The third kappa shape index (κ3) is 3.28. The fraction of sp³-hybridized carbons (Fsp3) is 0.353. The van der Waals surface area contributed by atoms with Crippen molar-refractivity contribution in [2.24, 2.45) is 0 Å². The van der Waals surface area contributed by atoms with Crippen LogP contribution in [0.25, 0.3) is 11.2 Å². The minimum absolute atomic E-state index is 0.206. The number of benzene rings is 1. The monoisotopic (exact) mass is 499 g/mol. The summed E-state index contributed by atoms with van der Waals surface area (Å²) in [6.45, 7) is -0.0853. The highest BCUT2D eigenvalue weighted by Crippen LogP contribution is 2.32. The minimum atomic E-state index is -1.23. The van der Waals surface area contributed by atoms with Crippen LogP contribution in [0.4, 0.5) is 5.82 Å². The van der Waals surface area contributed by atoms with Crippen molar-refractivity contribution >= 4 is 39.6 Å². The fourth-order valence-electron chi connectivity index (χ4n) is 3.16. The molecule has 0 bridgehead atoms. The van der Waals surface area contributed by atoms with E-state index >= 15 is 0 Å². The van der Waals surface area contributed by atoms with Gasteiger partial charge in [0.15, 0.2) is 23.2 Å². The quantitative estimate of drug-likeness (QED) is 0.314. The fourth-order valence-corrected chi connectivity index (χ4v) is 3.71. The first kappa shape index (κ1) is 19.3. The van der Waals surface area contributed by atoms with Gasteiger partial charge in [-0.2, -0.15) is 0 Å². The van der Waals surface area contributed by atoms with Crippen LogP contribution in [0.5, 0.6) is 5.75 Å². The van der Waals surface area contributed by atoms with Crippen molar-refractivity contribution in [3.8, 4) is 5.75 Å². The number of anilines is 1. The van der Waals surface area contributed by atoms with Crippen LogP contribution in [0.3, 0.4) is 0 Å². The van der Waals surface area contributed by atoms with Gasteiger partial charge in [-0.05, 0) is 28.7 Å². The number of nitrogens with zero attached hydrogens (tertiary/aromatic N) is 4. The van der Waals surface area contributed by atoms with Crippen LogP contribution in [0.2, 0.25) is 0 Å². The highest BCUT2D eigenvalue weighted by Gasteiger charge is 2.44. The van der Waals surface area contributed by atoms with Crippen LogP contribution in [-0.2, 0) is 11.3 Å². The number of aromatic hydroxyl groups is 1. The molecule has 2 aromatic heterocycles. The highest BCUT2D eigenvalue weighted by atomic mass is 127. The molecule has 1 aliphatic heterocycles. The zero-order valence-corrected chi connectivity index (χ0v) is 16.6. The molecule has 0 unspecified atom stereocenters. The Morgan fingerprint density at radius 3 is 2.75 bits per heavy atom. The van der Waals surface area contributed by atoms with E-state index in [1.807, 2.05) is 12.1 Å². The number of aliphatic hydroxyl groups is 3. The van der Waals surface area contributed by atoms with Gasteiger partial charge in [0.05, 0.1) is 16.5 Å². The number of aromatic nitrogens is 4. The first-order chi connectivity index (χ1) is 13.5.